The molecule has 0 spiro atoms. The van der Waals surface area contributed by atoms with Crippen molar-refractivity contribution in [3.05, 3.63) is 36.2 Å². The number of nitrogens with one attached hydrogen (secondary N) is 2. The highest BCUT2D eigenvalue weighted by molar-refractivity contribution is 6.06. The van der Waals surface area contributed by atoms with Crippen molar-refractivity contribution >= 4 is 23.6 Å². The maximum atomic E-state index is 11.3. The van der Waals surface area contributed by atoms with Gasteiger partial charge in [-0.3, -0.25) is 15.1 Å². The molecule has 3 amide bonds. The summed E-state index contributed by atoms with van der Waals surface area (Å²) in [6, 6.07) is 2.56. The number of carbonyl (C=O) groups excluding carboxylic acids is 2. The molecule has 0 radical (unpaired) electrons. The SMILES string of the molecule is Cc1ccc(NC(=O)NC(=O)/C=C/C(=O)O)cn1. The molecule has 0 fully saturated rings. The van der Waals surface area contributed by atoms with Crippen molar-refractivity contribution in [2.24, 2.45) is 0 Å². The number of hydrogen-bond acceptors (Lipinski definition) is 4. The van der Waals surface area contributed by atoms with Crippen LogP contribution in [-0.2, 0) is 9.59 Å². The Morgan fingerprint density at radius 2 is 2.00 bits per heavy atom. The number of aromatic nitrogens is 1. The van der Waals surface area contributed by atoms with Crippen LogP contribution in [0, 0.1) is 6.92 Å². The second kappa shape index (κ2) is 6.14. The van der Waals surface area contributed by atoms with Crippen LogP contribution in [-0.4, -0.2) is 28.0 Å². The van der Waals surface area contributed by atoms with Gasteiger partial charge in [0.1, 0.15) is 0 Å². The van der Waals surface area contributed by atoms with Crippen LogP contribution < -0.4 is 10.6 Å². The standard InChI is InChI=1S/C11H11N3O4/c1-7-2-3-8(6-12-7)13-11(18)14-9(15)4-5-10(16)17/h2-6H,1H3,(H,16,17)(H2,13,14,15,18)/b5-4+. The molecule has 0 saturated heterocycles. The summed E-state index contributed by atoms with van der Waals surface area (Å²) in [5.74, 6) is -2.09. The minimum absolute atomic E-state index is 0.424. The van der Waals surface area contributed by atoms with E-state index in [-0.39, 0.29) is 0 Å². The van der Waals surface area contributed by atoms with Gasteiger partial charge >= 0.3 is 12.0 Å². The van der Waals surface area contributed by atoms with E-state index in [0.29, 0.717) is 11.8 Å². The lowest BCUT2D eigenvalue weighted by Crippen LogP contribution is -2.33. The van der Waals surface area contributed by atoms with Crippen LogP contribution in [0.15, 0.2) is 30.5 Å². The lowest BCUT2D eigenvalue weighted by Gasteiger charge is -2.04. The van der Waals surface area contributed by atoms with Gasteiger partial charge in [0.25, 0.3) is 5.91 Å². The second-order valence-electron chi connectivity index (χ2n) is 3.30. The number of urea groups is 1. The Hall–Kier alpha value is -2.70. The molecular formula is C11H11N3O4. The zero-order valence-electron chi connectivity index (χ0n) is 9.51. The van der Waals surface area contributed by atoms with Crippen molar-refractivity contribution in [2.75, 3.05) is 5.32 Å². The molecule has 0 unspecified atom stereocenters. The Labute approximate surface area is 103 Å². The van der Waals surface area contributed by atoms with Crippen LogP contribution >= 0.6 is 0 Å². The number of pyridine rings is 1. The Balaban J connectivity index is 2.49. The summed E-state index contributed by atoms with van der Waals surface area (Å²) < 4.78 is 0. The third-order valence-electron chi connectivity index (χ3n) is 1.78. The first kappa shape index (κ1) is 13.4. The summed E-state index contributed by atoms with van der Waals surface area (Å²) in [6.45, 7) is 1.80. The molecule has 94 valence electrons. The van der Waals surface area contributed by atoms with E-state index in [1.54, 1.807) is 19.1 Å². The first-order valence-electron chi connectivity index (χ1n) is 4.93. The van der Waals surface area contributed by atoms with E-state index < -0.39 is 17.9 Å². The quantitative estimate of drug-likeness (QED) is 0.682. The Bertz CT molecular complexity index is 494. The molecule has 0 aliphatic rings. The van der Waals surface area contributed by atoms with E-state index in [0.717, 1.165) is 11.8 Å². The van der Waals surface area contributed by atoms with E-state index in [1.807, 2.05) is 5.32 Å². The van der Waals surface area contributed by atoms with Crippen LogP contribution in [0.3, 0.4) is 0 Å². The monoisotopic (exact) mass is 249 g/mol. The largest absolute Gasteiger partial charge is 0.478 e. The summed E-state index contributed by atoms with van der Waals surface area (Å²) in [4.78, 5) is 36.5. The van der Waals surface area contributed by atoms with E-state index in [4.69, 9.17) is 5.11 Å². The van der Waals surface area contributed by atoms with Gasteiger partial charge in [-0.05, 0) is 19.1 Å². The normalized spacial score (nSPS) is 10.1. The van der Waals surface area contributed by atoms with E-state index in [1.165, 1.54) is 6.20 Å². The van der Waals surface area contributed by atoms with Crippen molar-refractivity contribution < 1.29 is 19.5 Å². The van der Waals surface area contributed by atoms with Crippen molar-refractivity contribution in [1.82, 2.24) is 10.3 Å². The van der Waals surface area contributed by atoms with Crippen molar-refractivity contribution in [1.29, 1.82) is 0 Å². The van der Waals surface area contributed by atoms with E-state index in [2.05, 4.69) is 10.3 Å². The molecule has 0 aliphatic heterocycles. The minimum Gasteiger partial charge on any atom is -0.478 e. The van der Waals surface area contributed by atoms with Gasteiger partial charge in [-0.2, -0.15) is 0 Å². The first-order chi connectivity index (χ1) is 8.47. The van der Waals surface area contributed by atoms with Crippen molar-refractivity contribution in [3.8, 4) is 0 Å². The average Bonchev–Trinajstić information content (AvgIpc) is 2.29. The summed E-state index contributed by atoms with van der Waals surface area (Å²) in [7, 11) is 0. The molecule has 1 aromatic rings. The smallest absolute Gasteiger partial charge is 0.328 e. The zero-order valence-corrected chi connectivity index (χ0v) is 9.51. The molecule has 1 aromatic heterocycles. The third kappa shape index (κ3) is 4.88. The summed E-state index contributed by atoms with van der Waals surface area (Å²) in [5, 5.41) is 12.6. The lowest BCUT2D eigenvalue weighted by atomic mass is 10.3. The zero-order chi connectivity index (χ0) is 13.5. The fraction of sp³-hybridized carbons (Fsp3) is 0.0909. The molecule has 7 nitrogen and oxygen atoms in total. The number of amides is 3. The van der Waals surface area contributed by atoms with E-state index in [9.17, 15) is 14.4 Å². The van der Waals surface area contributed by atoms with Gasteiger partial charge in [-0.25, -0.2) is 9.59 Å². The number of nitrogens with zero attached hydrogens (tertiary/aromatic N) is 1. The van der Waals surface area contributed by atoms with Gasteiger partial charge in [0, 0.05) is 17.8 Å². The van der Waals surface area contributed by atoms with Gasteiger partial charge in [-0.15, -0.1) is 0 Å². The number of aryl methyl sites for hydroxylation is 1. The van der Waals surface area contributed by atoms with Crippen LogP contribution in [0.5, 0.6) is 0 Å². The fourth-order valence-electron chi connectivity index (χ4n) is 1.00. The van der Waals surface area contributed by atoms with Gasteiger partial charge in [0.15, 0.2) is 0 Å². The van der Waals surface area contributed by atoms with E-state index >= 15 is 0 Å². The number of anilines is 1. The lowest BCUT2D eigenvalue weighted by molar-refractivity contribution is -0.131. The number of carboxylic acids is 1. The molecule has 7 heteroatoms. The number of carboxylic acid groups (broad SMARTS) is 1. The number of imide groups is 1. The van der Waals surface area contributed by atoms with Crippen molar-refractivity contribution in [3.63, 3.8) is 0 Å². The van der Waals surface area contributed by atoms with Crippen LogP contribution in [0.2, 0.25) is 0 Å². The molecule has 0 aromatic carbocycles. The third-order valence-corrected chi connectivity index (χ3v) is 1.78. The number of rotatable bonds is 3. The topological polar surface area (TPSA) is 108 Å². The number of carbonyl (C=O) groups is 3. The number of aliphatic carboxylic acids is 1. The number of hydrogen-bond donors (Lipinski definition) is 3. The highest BCUT2D eigenvalue weighted by Gasteiger charge is 2.05. The summed E-state index contributed by atoms with van der Waals surface area (Å²) >= 11 is 0. The van der Waals surface area contributed by atoms with Gasteiger partial charge in [0.05, 0.1) is 11.9 Å². The van der Waals surface area contributed by atoms with Gasteiger partial charge < -0.3 is 10.4 Å². The summed E-state index contributed by atoms with van der Waals surface area (Å²) in [5.41, 5.74) is 1.22. The Morgan fingerprint density at radius 3 is 2.56 bits per heavy atom. The molecule has 1 rings (SSSR count). The van der Waals surface area contributed by atoms with Crippen LogP contribution in [0.1, 0.15) is 5.69 Å². The van der Waals surface area contributed by atoms with Gasteiger partial charge in [0.2, 0.25) is 0 Å². The Morgan fingerprint density at radius 1 is 1.28 bits per heavy atom. The molecule has 0 aliphatic carbocycles. The predicted molar refractivity (Wildman–Crippen MR) is 62.9 cm³/mol. The fourth-order valence-corrected chi connectivity index (χ4v) is 1.00. The van der Waals surface area contributed by atoms with Crippen molar-refractivity contribution in [2.45, 2.75) is 6.92 Å². The highest BCUT2D eigenvalue weighted by Crippen LogP contribution is 2.04. The second-order valence-corrected chi connectivity index (χ2v) is 3.30. The molecule has 0 saturated carbocycles. The van der Waals surface area contributed by atoms with Crippen LogP contribution in [0.4, 0.5) is 10.5 Å². The maximum Gasteiger partial charge on any atom is 0.328 e. The van der Waals surface area contributed by atoms with Crippen LogP contribution in [0.25, 0.3) is 0 Å². The maximum absolute atomic E-state index is 11.3. The summed E-state index contributed by atoms with van der Waals surface area (Å²) in [6.07, 6.45) is 2.82. The van der Waals surface area contributed by atoms with Gasteiger partial charge in [-0.1, -0.05) is 0 Å². The minimum atomic E-state index is -1.27. The molecule has 0 atom stereocenters. The molecule has 1 heterocycles. The Kier molecular flexibility index (Phi) is 4.56. The molecule has 0 bridgehead atoms. The molecular weight excluding hydrogens is 238 g/mol. The average molecular weight is 249 g/mol. The molecule has 18 heavy (non-hydrogen) atoms. The molecule has 3 N–H and O–H groups in total. The highest BCUT2D eigenvalue weighted by atomic mass is 16.4. The first-order valence-corrected chi connectivity index (χ1v) is 4.93. The predicted octanol–water partition coefficient (Wildman–Crippen LogP) is 0.679.